The lowest BCUT2D eigenvalue weighted by atomic mass is 9.80. The van der Waals surface area contributed by atoms with Gasteiger partial charge in [0.15, 0.2) is 0 Å². The van der Waals surface area contributed by atoms with Crippen molar-refractivity contribution in [3.05, 3.63) is 0 Å². The van der Waals surface area contributed by atoms with Crippen molar-refractivity contribution in [2.24, 2.45) is 0 Å². The van der Waals surface area contributed by atoms with Gasteiger partial charge in [-0.2, -0.15) is 0 Å². The van der Waals surface area contributed by atoms with Crippen LogP contribution in [0.3, 0.4) is 0 Å². The largest absolute Gasteiger partial charge is 0.345 e. The molecule has 0 aromatic rings. The van der Waals surface area contributed by atoms with Gasteiger partial charge in [-0.25, -0.2) is 0 Å². The Bertz CT molecular complexity index is 244. The topological polar surface area (TPSA) is 58.2 Å². The van der Waals surface area contributed by atoms with Gasteiger partial charge in [0.1, 0.15) is 0 Å². The van der Waals surface area contributed by atoms with Crippen molar-refractivity contribution in [1.82, 2.24) is 10.6 Å². The summed E-state index contributed by atoms with van der Waals surface area (Å²) in [5.41, 5.74) is -0.122. The summed E-state index contributed by atoms with van der Waals surface area (Å²) >= 11 is 0. The minimum absolute atomic E-state index is 0.122. The maximum Gasteiger partial charge on any atom is 0.309 e. The molecule has 72 valence electrons. The fourth-order valence-electron chi connectivity index (χ4n) is 2.20. The standard InChI is InChI=1S/C9H14N2O2/c12-7-8(13)11-9(6-10-7)4-2-1-3-5-9/h1-6H2,(H,10,12)(H,11,13). The van der Waals surface area contributed by atoms with E-state index in [4.69, 9.17) is 0 Å². The summed E-state index contributed by atoms with van der Waals surface area (Å²) in [5.74, 6) is -0.954. The second-order valence-electron chi connectivity index (χ2n) is 3.98. The lowest BCUT2D eigenvalue weighted by Crippen LogP contribution is -2.64. The molecule has 2 amide bonds. The second kappa shape index (κ2) is 3.01. The number of nitrogens with one attached hydrogen (secondary N) is 2. The molecule has 0 unspecified atom stereocenters. The molecule has 1 spiro atoms. The first-order chi connectivity index (χ1) is 6.22. The lowest BCUT2D eigenvalue weighted by Gasteiger charge is -2.40. The monoisotopic (exact) mass is 182 g/mol. The van der Waals surface area contributed by atoms with E-state index in [0.29, 0.717) is 6.54 Å². The first-order valence-corrected chi connectivity index (χ1v) is 4.82. The molecule has 2 aliphatic rings. The minimum atomic E-state index is -0.490. The van der Waals surface area contributed by atoms with Gasteiger partial charge in [0.25, 0.3) is 0 Å². The Kier molecular flexibility index (Phi) is 1.98. The van der Waals surface area contributed by atoms with Gasteiger partial charge in [0.2, 0.25) is 0 Å². The zero-order valence-electron chi connectivity index (χ0n) is 7.56. The fraction of sp³-hybridized carbons (Fsp3) is 0.778. The van der Waals surface area contributed by atoms with E-state index in [1.807, 2.05) is 0 Å². The van der Waals surface area contributed by atoms with E-state index in [0.717, 1.165) is 25.7 Å². The van der Waals surface area contributed by atoms with Crippen molar-refractivity contribution in [3.8, 4) is 0 Å². The van der Waals surface area contributed by atoms with E-state index in [2.05, 4.69) is 10.6 Å². The molecule has 0 radical (unpaired) electrons. The third-order valence-corrected chi connectivity index (χ3v) is 2.98. The molecule has 4 heteroatoms. The Morgan fingerprint density at radius 2 is 1.69 bits per heavy atom. The van der Waals surface area contributed by atoms with Crippen LogP contribution in [0, 0.1) is 0 Å². The van der Waals surface area contributed by atoms with Crippen molar-refractivity contribution >= 4 is 11.8 Å². The van der Waals surface area contributed by atoms with Gasteiger partial charge in [0.05, 0.1) is 5.54 Å². The highest BCUT2D eigenvalue weighted by Gasteiger charge is 2.39. The Morgan fingerprint density at radius 1 is 1.00 bits per heavy atom. The third kappa shape index (κ3) is 1.53. The van der Waals surface area contributed by atoms with Gasteiger partial charge in [-0.15, -0.1) is 0 Å². The Balaban J connectivity index is 2.07. The summed E-state index contributed by atoms with van der Waals surface area (Å²) in [6.07, 6.45) is 5.54. The zero-order valence-corrected chi connectivity index (χ0v) is 7.56. The zero-order chi connectivity index (χ0) is 9.31. The molecule has 1 aliphatic carbocycles. The van der Waals surface area contributed by atoms with E-state index in [1.165, 1.54) is 6.42 Å². The third-order valence-electron chi connectivity index (χ3n) is 2.98. The van der Waals surface area contributed by atoms with Gasteiger partial charge in [-0.1, -0.05) is 19.3 Å². The Labute approximate surface area is 77.1 Å². The molecule has 1 heterocycles. The van der Waals surface area contributed by atoms with Crippen LogP contribution < -0.4 is 10.6 Å². The highest BCUT2D eigenvalue weighted by Crippen LogP contribution is 2.28. The highest BCUT2D eigenvalue weighted by atomic mass is 16.2. The van der Waals surface area contributed by atoms with Crippen LogP contribution in [-0.4, -0.2) is 23.9 Å². The molecule has 0 bridgehead atoms. The second-order valence-corrected chi connectivity index (χ2v) is 3.98. The van der Waals surface area contributed by atoms with Gasteiger partial charge in [-0.05, 0) is 12.8 Å². The van der Waals surface area contributed by atoms with E-state index in [1.54, 1.807) is 0 Å². The van der Waals surface area contributed by atoms with Crippen LogP contribution in [0.4, 0.5) is 0 Å². The molecule has 0 aromatic heterocycles. The number of hydrogen-bond acceptors (Lipinski definition) is 2. The summed E-state index contributed by atoms with van der Waals surface area (Å²) in [6.45, 7) is 0.609. The van der Waals surface area contributed by atoms with E-state index in [-0.39, 0.29) is 5.54 Å². The number of hydrogen-bond donors (Lipinski definition) is 2. The summed E-state index contributed by atoms with van der Waals surface area (Å²) in [4.78, 5) is 22.0. The molecular formula is C9H14N2O2. The van der Waals surface area contributed by atoms with Crippen LogP contribution in [0.15, 0.2) is 0 Å². The van der Waals surface area contributed by atoms with Gasteiger partial charge >= 0.3 is 11.8 Å². The number of carbonyl (C=O) groups is 2. The quantitative estimate of drug-likeness (QED) is 0.515. The molecule has 1 saturated heterocycles. The van der Waals surface area contributed by atoms with Gasteiger partial charge < -0.3 is 10.6 Å². The van der Waals surface area contributed by atoms with Gasteiger partial charge in [-0.3, -0.25) is 9.59 Å². The van der Waals surface area contributed by atoms with Crippen molar-refractivity contribution in [1.29, 1.82) is 0 Å². The highest BCUT2D eigenvalue weighted by molar-refractivity contribution is 6.35. The molecule has 2 rings (SSSR count). The summed E-state index contributed by atoms with van der Waals surface area (Å²) in [6, 6.07) is 0. The van der Waals surface area contributed by atoms with Crippen molar-refractivity contribution in [2.75, 3.05) is 6.54 Å². The summed E-state index contributed by atoms with van der Waals surface area (Å²) in [5, 5.41) is 5.47. The maximum absolute atomic E-state index is 11.1. The average molecular weight is 182 g/mol. The summed E-state index contributed by atoms with van der Waals surface area (Å²) in [7, 11) is 0. The van der Waals surface area contributed by atoms with Crippen LogP contribution in [-0.2, 0) is 9.59 Å². The van der Waals surface area contributed by atoms with Crippen molar-refractivity contribution in [2.45, 2.75) is 37.6 Å². The smallest absolute Gasteiger partial charge is 0.309 e. The van der Waals surface area contributed by atoms with Crippen LogP contribution in [0.5, 0.6) is 0 Å². The van der Waals surface area contributed by atoms with E-state index >= 15 is 0 Å². The van der Waals surface area contributed by atoms with Gasteiger partial charge in [0, 0.05) is 6.54 Å². The van der Waals surface area contributed by atoms with Crippen LogP contribution in [0.1, 0.15) is 32.1 Å². The molecule has 13 heavy (non-hydrogen) atoms. The number of amides is 2. The lowest BCUT2D eigenvalue weighted by molar-refractivity contribution is -0.143. The van der Waals surface area contributed by atoms with Crippen LogP contribution in [0.25, 0.3) is 0 Å². The molecule has 0 aromatic carbocycles. The SMILES string of the molecule is O=C1NCC2(CCCCC2)NC1=O. The first-order valence-electron chi connectivity index (χ1n) is 4.82. The van der Waals surface area contributed by atoms with E-state index in [9.17, 15) is 9.59 Å². The average Bonchev–Trinajstić information content (AvgIpc) is 2.14. The summed E-state index contributed by atoms with van der Waals surface area (Å²) < 4.78 is 0. The van der Waals surface area contributed by atoms with Crippen LogP contribution >= 0.6 is 0 Å². The number of piperazine rings is 1. The molecule has 2 fully saturated rings. The first kappa shape index (κ1) is 8.53. The van der Waals surface area contributed by atoms with Crippen molar-refractivity contribution < 1.29 is 9.59 Å². The molecule has 1 saturated carbocycles. The van der Waals surface area contributed by atoms with E-state index < -0.39 is 11.8 Å². The fourth-order valence-corrected chi connectivity index (χ4v) is 2.20. The van der Waals surface area contributed by atoms with Crippen LogP contribution in [0.2, 0.25) is 0 Å². The van der Waals surface area contributed by atoms with Crippen molar-refractivity contribution in [3.63, 3.8) is 0 Å². The normalized spacial score (nSPS) is 26.8. The number of rotatable bonds is 0. The predicted octanol–water partition coefficient (Wildman–Crippen LogP) is -0.0647. The Morgan fingerprint density at radius 3 is 2.31 bits per heavy atom. The molecule has 1 aliphatic heterocycles. The minimum Gasteiger partial charge on any atom is -0.345 e. The molecule has 0 atom stereocenters. The predicted molar refractivity (Wildman–Crippen MR) is 47.0 cm³/mol. The molecular weight excluding hydrogens is 168 g/mol. The number of carbonyl (C=O) groups excluding carboxylic acids is 2. The molecule has 4 nitrogen and oxygen atoms in total. The molecule has 2 N–H and O–H groups in total. The Hall–Kier alpha value is -1.06. The maximum atomic E-state index is 11.1.